The molecule has 13 heavy (non-hydrogen) atoms. The van der Waals surface area contributed by atoms with Gasteiger partial charge in [-0.05, 0) is 41.0 Å². The van der Waals surface area contributed by atoms with E-state index in [1.165, 1.54) is 11.5 Å². The molecule has 0 aliphatic carbocycles. The summed E-state index contributed by atoms with van der Waals surface area (Å²) in [5.41, 5.74) is 1.07. The second kappa shape index (κ2) is 3.97. The van der Waals surface area contributed by atoms with Crippen LogP contribution in [-0.4, -0.2) is 14.3 Å². The lowest BCUT2D eigenvalue weighted by molar-refractivity contribution is 1.00. The van der Waals surface area contributed by atoms with E-state index in [-0.39, 0.29) is 0 Å². The molecular formula is C7H6IN3S2. The van der Waals surface area contributed by atoms with Crippen molar-refractivity contribution < 1.29 is 0 Å². The standard InChI is InChI=1S/C7H6IN3S2/c1-4-3-12-6(9-4)2-5-10-7(8)13-11-5/h3H,2H2,1H3. The van der Waals surface area contributed by atoms with Crippen molar-refractivity contribution >= 4 is 45.5 Å². The van der Waals surface area contributed by atoms with E-state index in [0.717, 1.165) is 26.0 Å². The summed E-state index contributed by atoms with van der Waals surface area (Å²) in [5.74, 6) is 0.878. The zero-order valence-electron chi connectivity index (χ0n) is 6.82. The van der Waals surface area contributed by atoms with Crippen molar-refractivity contribution in [3.63, 3.8) is 0 Å². The molecule has 3 nitrogen and oxygen atoms in total. The third kappa shape index (κ3) is 2.44. The first-order chi connectivity index (χ1) is 6.24. The Kier molecular flexibility index (Phi) is 2.89. The summed E-state index contributed by atoms with van der Waals surface area (Å²) in [4.78, 5) is 8.63. The fourth-order valence-electron chi connectivity index (χ4n) is 0.924. The molecule has 0 fully saturated rings. The van der Waals surface area contributed by atoms with Gasteiger partial charge in [-0.1, -0.05) is 0 Å². The molecule has 0 aromatic carbocycles. The van der Waals surface area contributed by atoms with E-state index in [1.54, 1.807) is 11.3 Å². The van der Waals surface area contributed by atoms with Crippen LogP contribution in [0, 0.1) is 9.94 Å². The van der Waals surface area contributed by atoms with Gasteiger partial charge < -0.3 is 0 Å². The molecule has 2 aromatic heterocycles. The summed E-state index contributed by atoms with van der Waals surface area (Å²) in [6.45, 7) is 2.00. The van der Waals surface area contributed by atoms with Gasteiger partial charge in [0.25, 0.3) is 0 Å². The molecule has 6 heteroatoms. The SMILES string of the molecule is Cc1csc(Cc2nsc(I)n2)n1. The molecule has 0 spiro atoms. The average molecular weight is 323 g/mol. The molecule has 0 bridgehead atoms. The van der Waals surface area contributed by atoms with Gasteiger partial charge in [0.1, 0.15) is 10.8 Å². The Morgan fingerprint density at radius 1 is 1.46 bits per heavy atom. The summed E-state index contributed by atoms with van der Waals surface area (Å²) in [6.07, 6.45) is 0.762. The molecular weight excluding hydrogens is 317 g/mol. The number of aryl methyl sites for hydroxylation is 1. The van der Waals surface area contributed by atoms with Crippen LogP contribution in [0.15, 0.2) is 5.38 Å². The number of hydrogen-bond donors (Lipinski definition) is 0. The first-order valence-corrected chi connectivity index (χ1v) is 6.36. The number of rotatable bonds is 2. The Hall–Kier alpha value is -0.0800. The van der Waals surface area contributed by atoms with Crippen molar-refractivity contribution in [2.45, 2.75) is 13.3 Å². The van der Waals surface area contributed by atoms with Crippen molar-refractivity contribution in [2.75, 3.05) is 0 Å². The maximum Gasteiger partial charge on any atom is 0.173 e. The number of nitrogens with zero attached hydrogens (tertiary/aromatic N) is 3. The van der Waals surface area contributed by atoms with Gasteiger partial charge in [-0.25, -0.2) is 9.97 Å². The lowest BCUT2D eigenvalue weighted by Gasteiger charge is -1.87. The molecule has 0 saturated heterocycles. The molecule has 0 saturated carbocycles. The minimum absolute atomic E-state index is 0.762. The normalized spacial score (nSPS) is 10.6. The highest BCUT2D eigenvalue weighted by molar-refractivity contribution is 14.1. The minimum Gasteiger partial charge on any atom is -0.246 e. The largest absolute Gasteiger partial charge is 0.246 e. The Balaban J connectivity index is 2.14. The van der Waals surface area contributed by atoms with E-state index in [0.29, 0.717) is 0 Å². The summed E-state index contributed by atoms with van der Waals surface area (Å²) < 4.78 is 5.20. The van der Waals surface area contributed by atoms with Gasteiger partial charge in [-0.2, -0.15) is 4.37 Å². The number of hydrogen-bond acceptors (Lipinski definition) is 5. The van der Waals surface area contributed by atoms with Crippen LogP contribution in [0.4, 0.5) is 0 Å². The van der Waals surface area contributed by atoms with Crippen LogP contribution in [0.5, 0.6) is 0 Å². The zero-order valence-corrected chi connectivity index (χ0v) is 10.6. The van der Waals surface area contributed by atoms with Crippen molar-refractivity contribution in [1.82, 2.24) is 14.3 Å². The second-order valence-electron chi connectivity index (χ2n) is 2.52. The number of aromatic nitrogens is 3. The van der Waals surface area contributed by atoms with Crippen molar-refractivity contribution in [2.24, 2.45) is 0 Å². The summed E-state index contributed by atoms with van der Waals surface area (Å²) in [6, 6.07) is 0. The fourth-order valence-corrected chi connectivity index (χ4v) is 2.70. The van der Waals surface area contributed by atoms with Gasteiger partial charge in [0.15, 0.2) is 3.01 Å². The smallest absolute Gasteiger partial charge is 0.173 e. The van der Waals surface area contributed by atoms with Gasteiger partial charge in [0.2, 0.25) is 0 Å². The summed E-state index contributed by atoms with van der Waals surface area (Å²) in [7, 11) is 0. The lowest BCUT2D eigenvalue weighted by atomic mass is 10.4. The molecule has 68 valence electrons. The molecule has 0 aliphatic heterocycles. The number of thiazole rings is 1. The molecule has 2 aromatic rings. The highest BCUT2D eigenvalue weighted by atomic mass is 127. The van der Waals surface area contributed by atoms with Gasteiger partial charge in [0.05, 0.1) is 6.42 Å². The molecule has 0 unspecified atom stereocenters. The Labute approximate surface area is 97.6 Å². The third-order valence-corrected chi connectivity index (χ3v) is 3.76. The average Bonchev–Trinajstić information content (AvgIpc) is 2.62. The molecule has 0 amide bonds. The maximum atomic E-state index is 4.36. The van der Waals surface area contributed by atoms with Gasteiger partial charge >= 0.3 is 0 Å². The van der Waals surface area contributed by atoms with Crippen molar-refractivity contribution in [3.8, 4) is 0 Å². The summed E-state index contributed by atoms with van der Waals surface area (Å²) in [5, 5.41) is 3.14. The zero-order chi connectivity index (χ0) is 9.26. The third-order valence-electron chi connectivity index (χ3n) is 1.42. The highest BCUT2D eigenvalue weighted by Gasteiger charge is 2.05. The molecule has 2 rings (SSSR count). The lowest BCUT2D eigenvalue weighted by Crippen LogP contribution is -1.89. The monoisotopic (exact) mass is 323 g/mol. The fraction of sp³-hybridized carbons (Fsp3) is 0.286. The van der Waals surface area contributed by atoms with Crippen LogP contribution in [0.1, 0.15) is 16.5 Å². The summed E-state index contributed by atoms with van der Waals surface area (Å²) >= 11 is 5.27. The topological polar surface area (TPSA) is 38.7 Å². The predicted molar refractivity (Wildman–Crippen MR) is 62.3 cm³/mol. The van der Waals surface area contributed by atoms with E-state index in [1.807, 2.05) is 12.3 Å². The van der Waals surface area contributed by atoms with Crippen LogP contribution in [0.2, 0.25) is 0 Å². The van der Waals surface area contributed by atoms with E-state index in [2.05, 4.69) is 36.9 Å². The van der Waals surface area contributed by atoms with Crippen LogP contribution < -0.4 is 0 Å². The molecule has 0 atom stereocenters. The van der Waals surface area contributed by atoms with Gasteiger partial charge in [-0.3, -0.25) is 0 Å². The Morgan fingerprint density at radius 3 is 2.85 bits per heavy atom. The first-order valence-electron chi connectivity index (χ1n) is 3.63. The van der Waals surface area contributed by atoms with E-state index >= 15 is 0 Å². The number of halogens is 1. The van der Waals surface area contributed by atoms with Crippen LogP contribution in [-0.2, 0) is 6.42 Å². The Morgan fingerprint density at radius 2 is 2.31 bits per heavy atom. The predicted octanol–water partition coefficient (Wildman–Crippen LogP) is 2.50. The van der Waals surface area contributed by atoms with Crippen LogP contribution in [0.3, 0.4) is 0 Å². The Bertz CT molecular complexity index is 371. The highest BCUT2D eigenvalue weighted by Crippen LogP contribution is 2.14. The molecule has 0 radical (unpaired) electrons. The van der Waals surface area contributed by atoms with Gasteiger partial charge in [0, 0.05) is 11.1 Å². The van der Waals surface area contributed by atoms with Crippen LogP contribution in [0.25, 0.3) is 0 Å². The van der Waals surface area contributed by atoms with Crippen molar-refractivity contribution in [3.05, 3.63) is 24.9 Å². The molecule has 2 heterocycles. The molecule has 0 N–H and O–H groups in total. The quantitative estimate of drug-likeness (QED) is 0.797. The van der Waals surface area contributed by atoms with Gasteiger partial charge in [-0.15, -0.1) is 11.3 Å². The first kappa shape index (κ1) is 9.47. The molecule has 0 aliphatic rings. The van der Waals surface area contributed by atoms with E-state index < -0.39 is 0 Å². The van der Waals surface area contributed by atoms with Crippen LogP contribution >= 0.6 is 45.5 Å². The van der Waals surface area contributed by atoms with E-state index in [9.17, 15) is 0 Å². The second-order valence-corrected chi connectivity index (χ2v) is 5.97. The maximum absolute atomic E-state index is 4.36. The van der Waals surface area contributed by atoms with E-state index in [4.69, 9.17) is 0 Å². The minimum atomic E-state index is 0.762. The van der Waals surface area contributed by atoms with Crippen molar-refractivity contribution in [1.29, 1.82) is 0 Å².